The molecule has 6 nitrogen and oxygen atoms in total. The molecule has 6 heteroatoms. The summed E-state index contributed by atoms with van der Waals surface area (Å²) in [6.45, 7) is 3.88. The van der Waals surface area contributed by atoms with Crippen molar-refractivity contribution in [1.82, 2.24) is 10.3 Å². The first-order valence-corrected chi connectivity index (χ1v) is 6.51. The number of hydrogen-bond acceptors (Lipinski definition) is 4. The summed E-state index contributed by atoms with van der Waals surface area (Å²) in [5.74, 6) is -2.64. The Morgan fingerprint density at radius 1 is 1.25 bits per heavy atom. The van der Waals surface area contributed by atoms with Crippen LogP contribution < -0.4 is 5.32 Å². The van der Waals surface area contributed by atoms with Gasteiger partial charge in [0.2, 0.25) is 0 Å². The molecular weight excluding hydrogens is 260 g/mol. The number of hydrogen-bond donors (Lipinski definition) is 3. The van der Waals surface area contributed by atoms with Gasteiger partial charge in [0, 0.05) is 12.7 Å². The van der Waals surface area contributed by atoms with E-state index in [2.05, 4.69) is 10.3 Å². The zero-order valence-corrected chi connectivity index (χ0v) is 11.6. The minimum atomic E-state index is -1.02. The molecule has 1 aromatic heterocycles. The molecule has 20 heavy (non-hydrogen) atoms. The van der Waals surface area contributed by atoms with E-state index in [9.17, 15) is 14.7 Å². The number of nitrogens with zero attached hydrogens (tertiary/aromatic N) is 1. The van der Waals surface area contributed by atoms with Crippen molar-refractivity contribution in [3.05, 3.63) is 30.1 Å². The highest BCUT2D eigenvalue weighted by Crippen LogP contribution is 2.13. The van der Waals surface area contributed by atoms with E-state index in [1.165, 1.54) is 6.20 Å². The maximum absolute atomic E-state index is 11.3. The average Bonchev–Trinajstić information content (AvgIpc) is 2.37. The van der Waals surface area contributed by atoms with Crippen LogP contribution in [-0.2, 0) is 9.59 Å². The maximum atomic E-state index is 11.3. The predicted octanol–water partition coefficient (Wildman–Crippen LogP) is 1.34. The van der Waals surface area contributed by atoms with Gasteiger partial charge in [0.15, 0.2) is 0 Å². The van der Waals surface area contributed by atoms with Crippen molar-refractivity contribution >= 4 is 11.9 Å². The molecule has 0 aliphatic carbocycles. The summed E-state index contributed by atoms with van der Waals surface area (Å²) in [6, 6.07) is 4.29. The zero-order chi connectivity index (χ0) is 15.1. The quantitative estimate of drug-likeness (QED) is 0.664. The Balaban J connectivity index is 2.72. The standard InChI is InChI=1S/C14H20N2O4/c1-9(2)7-12(14(19)20)16-8-10(13(17)18)11-5-3-4-6-15-11/h3-6,9-10,12,16H,7-8H2,1-2H3,(H,17,18)(H,19,20). The minimum Gasteiger partial charge on any atom is -0.481 e. The smallest absolute Gasteiger partial charge is 0.320 e. The van der Waals surface area contributed by atoms with Crippen LogP contribution in [0.1, 0.15) is 31.9 Å². The minimum absolute atomic E-state index is 0.0377. The molecule has 2 atom stereocenters. The van der Waals surface area contributed by atoms with Gasteiger partial charge in [-0.1, -0.05) is 19.9 Å². The molecule has 110 valence electrons. The molecule has 0 aromatic carbocycles. The summed E-state index contributed by atoms with van der Waals surface area (Å²) in [5.41, 5.74) is 0.418. The van der Waals surface area contributed by atoms with Gasteiger partial charge in [-0.2, -0.15) is 0 Å². The third-order valence-corrected chi connectivity index (χ3v) is 2.92. The number of carbonyl (C=O) groups is 2. The topological polar surface area (TPSA) is 99.5 Å². The number of carboxylic acids is 2. The molecule has 1 rings (SSSR count). The van der Waals surface area contributed by atoms with Crippen LogP contribution in [-0.4, -0.2) is 39.7 Å². The van der Waals surface area contributed by atoms with Crippen molar-refractivity contribution in [1.29, 1.82) is 0 Å². The number of rotatable bonds is 8. The van der Waals surface area contributed by atoms with Gasteiger partial charge in [-0.25, -0.2) is 0 Å². The van der Waals surface area contributed by atoms with Gasteiger partial charge in [-0.05, 0) is 24.5 Å². The van der Waals surface area contributed by atoms with Crippen LogP contribution in [0.25, 0.3) is 0 Å². The van der Waals surface area contributed by atoms with Gasteiger partial charge >= 0.3 is 11.9 Å². The summed E-state index contributed by atoms with van der Waals surface area (Å²) in [4.78, 5) is 26.4. The highest BCUT2D eigenvalue weighted by atomic mass is 16.4. The molecule has 0 aliphatic rings. The van der Waals surface area contributed by atoms with Crippen LogP contribution in [0.4, 0.5) is 0 Å². The van der Waals surface area contributed by atoms with E-state index in [1.807, 2.05) is 13.8 Å². The number of aliphatic carboxylic acids is 2. The molecule has 0 fully saturated rings. The molecule has 0 bridgehead atoms. The number of carboxylic acid groups (broad SMARTS) is 2. The lowest BCUT2D eigenvalue weighted by Gasteiger charge is -2.19. The largest absolute Gasteiger partial charge is 0.481 e. The van der Waals surface area contributed by atoms with Gasteiger partial charge in [0.1, 0.15) is 12.0 Å². The van der Waals surface area contributed by atoms with Crippen molar-refractivity contribution in [3.8, 4) is 0 Å². The van der Waals surface area contributed by atoms with E-state index < -0.39 is 23.9 Å². The van der Waals surface area contributed by atoms with E-state index in [4.69, 9.17) is 5.11 Å². The third-order valence-electron chi connectivity index (χ3n) is 2.92. The molecule has 3 N–H and O–H groups in total. The summed E-state index contributed by atoms with van der Waals surface area (Å²) < 4.78 is 0. The summed E-state index contributed by atoms with van der Waals surface area (Å²) in [7, 11) is 0. The SMILES string of the molecule is CC(C)CC(NCC(C(=O)O)c1ccccn1)C(=O)O. The Morgan fingerprint density at radius 3 is 2.40 bits per heavy atom. The first-order valence-electron chi connectivity index (χ1n) is 6.51. The molecule has 0 amide bonds. The Morgan fingerprint density at radius 2 is 1.95 bits per heavy atom. The van der Waals surface area contributed by atoms with Gasteiger partial charge < -0.3 is 15.5 Å². The van der Waals surface area contributed by atoms with E-state index in [-0.39, 0.29) is 12.5 Å². The summed E-state index contributed by atoms with van der Waals surface area (Å²) in [5, 5.41) is 21.2. The average molecular weight is 280 g/mol. The summed E-state index contributed by atoms with van der Waals surface area (Å²) >= 11 is 0. The zero-order valence-electron chi connectivity index (χ0n) is 11.6. The predicted molar refractivity (Wildman–Crippen MR) is 73.5 cm³/mol. The van der Waals surface area contributed by atoms with Crippen LogP contribution >= 0.6 is 0 Å². The first-order chi connectivity index (χ1) is 9.41. The molecule has 0 aliphatic heterocycles. The highest BCUT2D eigenvalue weighted by molar-refractivity contribution is 5.76. The second-order valence-electron chi connectivity index (χ2n) is 5.07. The maximum Gasteiger partial charge on any atom is 0.320 e. The Bertz CT molecular complexity index is 448. The Hall–Kier alpha value is -1.95. The van der Waals surface area contributed by atoms with Crippen molar-refractivity contribution in [2.75, 3.05) is 6.54 Å². The third kappa shape index (κ3) is 4.97. The molecule has 0 saturated carbocycles. The van der Waals surface area contributed by atoms with Gasteiger partial charge in [-0.15, -0.1) is 0 Å². The second kappa shape index (κ2) is 7.59. The van der Waals surface area contributed by atoms with E-state index in [0.29, 0.717) is 12.1 Å². The van der Waals surface area contributed by atoms with Crippen LogP contribution in [0, 0.1) is 5.92 Å². The number of nitrogens with one attached hydrogen (secondary N) is 1. The fraction of sp³-hybridized carbons (Fsp3) is 0.500. The lowest BCUT2D eigenvalue weighted by atomic mass is 10.0. The monoisotopic (exact) mass is 280 g/mol. The first kappa shape index (κ1) is 16.1. The van der Waals surface area contributed by atoms with Crippen molar-refractivity contribution in [2.24, 2.45) is 5.92 Å². The van der Waals surface area contributed by atoms with Crippen LogP contribution in [0.15, 0.2) is 24.4 Å². The molecule has 1 aromatic rings. The molecule has 0 spiro atoms. The Kier molecular flexibility index (Phi) is 6.11. The lowest BCUT2D eigenvalue weighted by Crippen LogP contribution is -2.41. The van der Waals surface area contributed by atoms with E-state index >= 15 is 0 Å². The highest BCUT2D eigenvalue weighted by Gasteiger charge is 2.25. The van der Waals surface area contributed by atoms with Gasteiger partial charge in [-0.3, -0.25) is 14.6 Å². The van der Waals surface area contributed by atoms with Crippen molar-refractivity contribution < 1.29 is 19.8 Å². The van der Waals surface area contributed by atoms with Crippen LogP contribution in [0.2, 0.25) is 0 Å². The number of aromatic nitrogens is 1. The number of pyridine rings is 1. The van der Waals surface area contributed by atoms with Crippen LogP contribution in [0.5, 0.6) is 0 Å². The molecular formula is C14H20N2O4. The fourth-order valence-electron chi connectivity index (χ4n) is 1.90. The van der Waals surface area contributed by atoms with Crippen LogP contribution in [0.3, 0.4) is 0 Å². The normalized spacial score (nSPS) is 13.9. The molecule has 0 saturated heterocycles. The fourth-order valence-corrected chi connectivity index (χ4v) is 1.90. The van der Waals surface area contributed by atoms with Gasteiger partial charge in [0.25, 0.3) is 0 Å². The lowest BCUT2D eigenvalue weighted by molar-refractivity contribution is -0.142. The Labute approximate surface area is 117 Å². The molecule has 0 radical (unpaired) electrons. The van der Waals surface area contributed by atoms with Crippen molar-refractivity contribution in [2.45, 2.75) is 32.2 Å². The van der Waals surface area contributed by atoms with E-state index in [1.54, 1.807) is 18.2 Å². The summed E-state index contributed by atoms with van der Waals surface area (Å²) in [6.07, 6.45) is 1.97. The van der Waals surface area contributed by atoms with E-state index in [0.717, 1.165) is 0 Å². The second-order valence-corrected chi connectivity index (χ2v) is 5.07. The van der Waals surface area contributed by atoms with Gasteiger partial charge in [0.05, 0.1) is 5.69 Å². The molecule has 1 heterocycles. The molecule has 2 unspecified atom stereocenters. The van der Waals surface area contributed by atoms with Crippen molar-refractivity contribution in [3.63, 3.8) is 0 Å².